The zero-order valence-electron chi connectivity index (χ0n) is 15.5. The highest BCUT2D eigenvalue weighted by atomic mass is 16.5. The van der Waals surface area contributed by atoms with Gasteiger partial charge in [-0.15, -0.1) is 0 Å². The minimum atomic E-state index is -0.416. The van der Waals surface area contributed by atoms with Gasteiger partial charge in [0, 0.05) is 30.6 Å². The van der Waals surface area contributed by atoms with Crippen LogP contribution in [-0.2, 0) is 7.05 Å². The van der Waals surface area contributed by atoms with Crippen molar-refractivity contribution < 1.29 is 9.53 Å². The number of rotatable bonds is 5. The second-order valence-corrected chi connectivity index (χ2v) is 6.34. The first-order valence-corrected chi connectivity index (χ1v) is 8.49. The summed E-state index contributed by atoms with van der Waals surface area (Å²) in [6.07, 6.45) is 3.58. The molecule has 2 aromatic carbocycles. The van der Waals surface area contributed by atoms with E-state index in [1.54, 1.807) is 13.3 Å². The van der Waals surface area contributed by atoms with Crippen LogP contribution in [0.5, 0.6) is 5.75 Å². The molecule has 0 aliphatic carbocycles. The van der Waals surface area contributed by atoms with Crippen molar-refractivity contribution in [1.82, 2.24) is 14.9 Å². The van der Waals surface area contributed by atoms with Crippen LogP contribution in [0.4, 0.5) is 0 Å². The van der Waals surface area contributed by atoms with E-state index in [1.807, 2.05) is 74.1 Å². The van der Waals surface area contributed by atoms with Gasteiger partial charge in [0.15, 0.2) is 0 Å². The number of ether oxygens (including phenoxy) is 1. The lowest BCUT2D eigenvalue weighted by atomic mass is 10.0. The third kappa shape index (κ3) is 3.47. The molecule has 134 valence electrons. The van der Waals surface area contributed by atoms with E-state index in [4.69, 9.17) is 4.74 Å². The topological polar surface area (TPSA) is 56.1 Å². The highest BCUT2D eigenvalue weighted by Crippen LogP contribution is 2.29. The van der Waals surface area contributed by atoms with E-state index in [1.165, 1.54) is 0 Å². The molecule has 5 nitrogen and oxygen atoms in total. The molecule has 1 amide bonds. The van der Waals surface area contributed by atoms with E-state index < -0.39 is 6.04 Å². The van der Waals surface area contributed by atoms with Gasteiger partial charge in [-0.05, 0) is 43.2 Å². The fourth-order valence-corrected chi connectivity index (χ4v) is 2.94. The van der Waals surface area contributed by atoms with Gasteiger partial charge in [0.05, 0.1) is 7.11 Å². The van der Waals surface area contributed by atoms with Gasteiger partial charge in [-0.1, -0.05) is 24.3 Å². The Morgan fingerprint density at radius 2 is 1.92 bits per heavy atom. The number of benzene rings is 2. The summed E-state index contributed by atoms with van der Waals surface area (Å²) < 4.78 is 7.40. The highest BCUT2D eigenvalue weighted by Gasteiger charge is 2.24. The zero-order valence-corrected chi connectivity index (χ0v) is 15.5. The summed E-state index contributed by atoms with van der Waals surface area (Å²) in [6.45, 7) is 4.03. The van der Waals surface area contributed by atoms with Crippen molar-refractivity contribution in [2.24, 2.45) is 7.05 Å². The standard InChI is InChI=1S/C21H23N3O2/c1-14-9-10-16(13-15(14)2)21(25)23-19(20-22-11-12-24(20)3)17-7-5-6-8-18(17)26-4/h5-13,19H,1-4H3,(H,23,25)/t19-/m1/s1. The van der Waals surface area contributed by atoms with E-state index in [0.29, 0.717) is 11.3 Å². The average Bonchev–Trinajstić information content (AvgIpc) is 3.07. The van der Waals surface area contributed by atoms with Crippen LogP contribution in [0.25, 0.3) is 0 Å². The van der Waals surface area contributed by atoms with Crippen LogP contribution in [0.3, 0.4) is 0 Å². The van der Waals surface area contributed by atoms with Crippen LogP contribution in [-0.4, -0.2) is 22.6 Å². The average molecular weight is 349 g/mol. The molecule has 0 fully saturated rings. The van der Waals surface area contributed by atoms with Gasteiger partial charge in [-0.25, -0.2) is 4.98 Å². The number of aryl methyl sites for hydroxylation is 3. The van der Waals surface area contributed by atoms with Crippen molar-refractivity contribution in [2.45, 2.75) is 19.9 Å². The van der Waals surface area contributed by atoms with Crippen LogP contribution in [0.15, 0.2) is 54.9 Å². The van der Waals surface area contributed by atoms with E-state index >= 15 is 0 Å². The molecule has 0 saturated heterocycles. The normalized spacial score (nSPS) is 11.8. The van der Waals surface area contributed by atoms with Gasteiger partial charge in [-0.2, -0.15) is 0 Å². The van der Waals surface area contributed by atoms with Crippen molar-refractivity contribution in [3.8, 4) is 5.75 Å². The van der Waals surface area contributed by atoms with Gasteiger partial charge in [0.1, 0.15) is 17.6 Å². The fraction of sp³-hybridized carbons (Fsp3) is 0.238. The molecule has 0 unspecified atom stereocenters. The summed E-state index contributed by atoms with van der Waals surface area (Å²) in [5, 5.41) is 3.11. The van der Waals surface area contributed by atoms with Crippen molar-refractivity contribution in [1.29, 1.82) is 0 Å². The van der Waals surface area contributed by atoms with E-state index in [0.717, 1.165) is 22.5 Å². The number of carbonyl (C=O) groups is 1. The number of para-hydroxylation sites is 1. The first-order valence-electron chi connectivity index (χ1n) is 8.49. The van der Waals surface area contributed by atoms with Crippen LogP contribution in [0.1, 0.15) is 38.9 Å². The summed E-state index contributed by atoms with van der Waals surface area (Å²) in [5.41, 5.74) is 3.74. The molecule has 0 aliphatic rings. The zero-order chi connectivity index (χ0) is 18.7. The Morgan fingerprint density at radius 1 is 1.15 bits per heavy atom. The Labute approximate surface area is 153 Å². The molecule has 0 aliphatic heterocycles. The maximum absolute atomic E-state index is 12.9. The molecule has 0 saturated carbocycles. The van der Waals surface area contributed by atoms with Crippen LogP contribution >= 0.6 is 0 Å². The number of nitrogens with zero attached hydrogens (tertiary/aromatic N) is 2. The Morgan fingerprint density at radius 3 is 2.58 bits per heavy atom. The molecule has 5 heteroatoms. The predicted octanol–water partition coefficient (Wildman–Crippen LogP) is 3.56. The fourth-order valence-electron chi connectivity index (χ4n) is 2.94. The Hall–Kier alpha value is -3.08. The lowest BCUT2D eigenvalue weighted by molar-refractivity contribution is 0.0940. The first kappa shape index (κ1) is 17.7. The second-order valence-electron chi connectivity index (χ2n) is 6.34. The monoisotopic (exact) mass is 349 g/mol. The van der Waals surface area contributed by atoms with Gasteiger partial charge in [-0.3, -0.25) is 4.79 Å². The lowest BCUT2D eigenvalue weighted by Crippen LogP contribution is -2.31. The highest BCUT2D eigenvalue weighted by molar-refractivity contribution is 5.95. The number of nitrogens with one attached hydrogen (secondary N) is 1. The molecule has 26 heavy (non-hydrogen) atoms. The molecular weight excluding hydrogens is 326 g/mol. The third-order valence-corrected chi connectivity index (χ3v) is 4.61. The molecular formula is C21H23N3O2. The quantitative estimate of drug-likeness (QED) is 0.766. The third-order valence-electron chi connectivity index (χ3n) is 4.61. The van der Waals surface area contributed by atoms with Crippen LogP contribution < -0.4 is 10.1 Å². The Balaban J connectivity index is 2.00. The number of carbonyl (C=O) groups excluding carboxylic acids is 1. The molecule has 1 aromatic heterocycles. The second kappa shape index (κ2) is 7.44. The maximum atomic E-state index is 12.9. The minimum Gasteiger partial charge on any atom is -0.496 e. The lowest BCUT2D eigenvalue weighted by Gasteiger charge is -2.21. The summed E-state index contributed by atoms with van der Waals surface area (Å²) >= 11 is 0. The van der Waals surface area contributed by atoms with Crippen molar-refractivity contribution in [2.75, 3.05) is 7.11 Å². The summed E-state index contributed by atoms with van der Waals surface area (Å²) in [5.74, 6) is 1.31. The van der Waals surface area contributed by atoms with Crippen LogP contribution in [0.2, 0.25) is 0 Å². The van der Waals surface area contributed by atoms with E-state index in [2.05, 4.69) is 10.3 Å². The number of amides is 1. The SMILES string of the molecule is COc1ccccc1[C@@H](NC(=O)c1ccc(C)c(C)c1)c1nccn1C. The molecule has 1 atom stereocenters. The summed E-state index contributed by atoms with van der Waals surface area (Å²) in [6, 6.07) is 13.0. The Kier molecular flexibility index (Phi) is 5.07. The molecule has 3 rings (SSSR count). The van der Waals surface area contributed by atoms with Gasteiger partial charge < -0.3 is 14.6 Å². The number of imidazole rings is 1. The summed E-state index contributed by atoms with van der Waals surface area (Å²) in [7, 11) is 3.53. The maximum Gasteiger partial charge on any atom is 0.252 e. The van der Waals surface area contributed by atoms with Crippen molar-refractivity contribution >= 4 is 5.91 Å². The molecule has 1 heterocycles. The Bertz CT molecular complexity index is 931. The summed E-state index contributed by atoms with van der Waals surface area (Å²) in [4.78, 5) is 17.3. The number of methoxy groups -OCH3 is 1. The van der Waals surface area contributed by atoms with Gasteiger partial charge in [0.25, 0.3) is 5.91 Å². The number of hydrogen-bond donors (Lipinski definition) is 1. The molecule has 0 spiro atoms. The smallest absolute Gasteiger partial charge is 0.252 e. The van der Waals surface area contributed by atoms with Crippen molar-refractivity contribution in [3.05, 3.63) is 82.9 Å². The van der Waals surface area contributed by atoms with Crippen molar-refractivity contribution in [3.63, 3.8) is 0 Å². The first-order chi connectivity index (χ1) is 12.5. The number of aromatic nitrogens is 2. The van der Waals surface area contributed by atoms with Gasteiger partial charge in [0.2, 0.25) is 0 Å². The van der Waals surface area contributed by atoms with E-state index in [9.17, 15) is 4.79 Å². The molecule has 3 aromatic rings. The van der Waals surface area contributed by atoms with Crippen LogP contribution in [0, 0.1) is 13.8 Å². The van der Waals surface area contributed by atoms with E-state index in [-0.39, 0.29) is 5.91 Å². The molecule has 1 N–H and O–H groups in total. The number of hydrogen-bond acceptors (Lipinski definition) is 3. The predicted molar refractivity (Wildman–Crippen MR) is 101 cm³/mol. The molecule has 0 radical (unpaired) electrons. The minimum absolute atomic E-state index is 0.146. The van der Waals surface area contributed by atoms with Gasteiger partial charge >= 0.3 is 0 Å². The molecule has 0 bridgehead atoms. The largest absolute Gasteiger partial charge is 0.496 e.